The van der Waals surface area contributed by atoms with E-state index in [4.69, 9.17) is 4.74 Å². The van der Waals surface area contributed by atoms with E-state index in [0.29, 0.717) is 23.1 Å². The smallest absolute Gasteiger partial charge is 0.258 e. The SMILES string of the molecule is COc1ccccc1C(=O)N1[C@H](C(=O)N[C@@H]2CCCC[C@@H]2C)C[C@@H]2CCCC[C@@H]21. The quantitative estimate of drug-likeness (QED) is 0.828. The summed E-state index contributed by atoms with van der Waals surface area (Å²) < 4.78 is 5.45. The molecular formula is C24H34N2O3. The number of amides is 2. The lowest BCUT2D eigenvalue weighted by molar-refractivity contribution is -0.126. The molecule has 1 aliphatic heterocycles. The maximum absolute atomic E-state index is 13.6. The zero-order valence-corrected chi connectivity index (χ0v) is 17.7. The normalized spacial score (nSPS) is 31.8. The summed E-state index contributed by atoms with van der Waals surface area (Å²) in [7, 11) is 1.59. The molecule has 158 valence electrons. The molecule has 3 fully saturated rings. The van der Waals surface area contributed by atoms with Crippen LogP contribution < -0.4 is 10.1 Å². The highest BCUT2D eigenvalue weighted by Crippen LogP contribution is 2.41. The molecule has 29 heavy (non-hydrogen) atoms. The Balaban J connectivity index is 1.59. The zero-order chi connectivity index (χ0) is 20.4. The molecule has 4 rings (SSSR count). The van der Waals surface area contributed by atoms with E-state index in [0.717, 1.165) is 32.1 Å². The van der Waals surface area contributed by atoms with E-state index in [1.165, 1.54) is 25.7 Å². The van der Waals surface area contributed by atoms with E-state index in [1.54, 1.807) is 7.11 Å². The number of nitrogens with one attached hydrogen (secondary N) is 1. The largest absolute Gasteiger partial charge is 0.496 e. The Morgan fingerprint density at radius 3 is 2.55 bits per heavy atom. The van der Waals surface area contributed by atoms with E-state index in [-0.39, 0.29) is 29.9 Å². The average molecular weight is 399 g/mol. The second-order valence-corrected chi connectivity index (χ2v) is 9.15. The highest BCUT2D eigenvalue weighted by Gasteiger charge is 2.48. The van der Waals surface area contributed by atoms with E-state index in [9.17, 15) is 9.59 Å². The van der Waals surface area contributed by atoms with Crippen LogP contribution in [-0.2, 0) is 4.79 Å². The summed E-state index contributed by atoms with van der Waals surface area (Å²) in [6.45, 7) is 2.23. The average Bonchev–Trinajstić information content (AvgIpc) is 3.14. The van der Waals surface area contributed by atoms with Crippen molar-refractivity contribution in [2.45, 2.75) is 82.8 Å². The minimum Gasteiger partial charge on any atom is -0.496 e. The number of carbonyl (C=O) groups excluding carboxylic acids is 2. The number of rotatable bonds is 4. The number of likely N-dealkylation sites (tertiary alicyclic amines) is 1. The standard InChI is InChI=1S/C24H34N2O3/c1-16-9-3-6-12-19(16)25-23(27)21-15-17-10-4-7-13-20(17)26(21)24(28)18-11-5-8-14-22(18)29-2/h5,8,11,14,16-17,19-21H,3-4,6-7,9-10,12-13,15H2,1-2H3,(H,25,27)/t16-,17-,19+,20-,21-/m0/s1. The summed E-state index contributed by atoms with van der Waals surface area (Å²) in [6.07, 6.45) is 9.88. The number of hydrogen-bond donors (Lipinski definition) is 1. The number of ether oxygens (including phenoxy) is 1. The van der Waals surface area contributed by atoms with Gasteiger partial charge in [-0.3, -0.25) is 9.59 Å². The molecule has 5 heteroatoms. The first-order valence-corrected chi connectivity index (χ1v) is 11.4. The van der Waals surface area contributed by atoms with Crippen molar-refractivity contribution in [3.8, 4) is 5.75 Å². The lowest BCUT2D eigenvalue weighted by atomic mass is 9.84. The fourth-order valence-electron chi connectivity index (χ4n) is 5.76. The van der Waals surface area contributed by atoms with E-state index >= 15 is 0 Å². The Kier molecular flexibility index (Phi) is 6.12. The van der Waals surface area contributed by atoms with Crippen LogP contribution in [0.4, 0.5) is 0 Å². The van der Waals surface area contributed by atoms with Gasteiger partial charge in [-0.25, -0.2) is 0 Å². The van der Waals surface area contributed by atoms with Gasteiger partial charge in [0, 0.05) is 12.1 Å². The van der Waals surface area contributed by atoms with Gasteiger partial charge in [0.2, 0.25) is 5.91 Å². The van der Waals surface area contributed by atoms with Gasteiger partial charge < -0.3 is 15.0 Å². The molecule has 0 bridgehead atoms. The number of para-hydroxylation sites is 1. The molecule has 5 nitrogen and oxygen atoms in total. The van der Waals surface area contributed by atoms with Crippen molar-refractivity contribution in [2.75, 3.05) is 7.11 Å². The molecule has 2 aliphatic carbocycles. The predicted octanol–water partition coefficient (Wildman–Crippen LogP) is 4.16. The highest BCUT2D eigenvalue weighted by atomic mass is 16.5. The lowest BCUT2D eigenvalue weighted by Crippen LogP contribution is -2.52. The van der Waals surface area contributed by atoms with Gasteiger partial charge in [-0.1, -0.05) is 44.7 Å². The van der Waals surface area contributed by atoms with Crippen LogP contribution in [-0.4, -0.2) is 41.9 Å². The third-order valence-corrected chi connectivity index (χ3v) is 7.40. The number of benzene rings is 1. The van der Waals surface area contributed by atoms with Crippen molar-refractivity contribution >= 4 is 11.8 Å². The zero-order valence-electron chi connectivity index (χ0n) is 17.7. The molecule has 0 radical (unpaired) electrons. The molecule has 5 atom stereocenters. The van der Waals surface area contributed by atoms with E-state index < -0.39 is 0 Å². The molecule has 2 amide bonds. The first-order chi connectivity index (χ1) is 14.1. The fraction of sp³-hybridized carbons (Fsp3) is 0.667. The van der Waals surface area contributed by atoms with Crippen LogP contribution in [0.25, 0.3) is 0 Å². The number of fused-ring (bicyclic) bond motifs is 1. The molecule has 1 heterocycles. The summed E-state index contributed by atoms with van der Waals surface area (Å²) >= 11 is 0. The Morgan fingerprint density at radius 1 is 1.03 bits per heavy atom. The predicted molar refractivity (Wildman–Crippen MR) is 113 cm³/mol. The molecule has 1 aromatic carbocycles. The molecule has 1 saturated heterocycles. The van der Waals surface area contributed by atoms with Gasteiger partial charge >= 0.3 is 0 Å². The Morgan fingerprint density at radius 2 is 1.76 bits per heavy atom. The van der Waals surface area contributed by atoms with Crippen molar-refractivity contribution in [3.05, 3.63) is 29.8 Å². The van der Waals surface area contributed by atoms with Crippen LogP contribution in [0.1, 0.15) is 75.1 Å². The first-order valence-electron chi connectivity index (χ1n) is 11.4. The maximum Gasteiger partial charge on any atom is 0.258 e. The highest BCUT2D eigenvalue weighted by molar-refractivity contribution is 6.00. The number of carbonyl (C=O) groups is 2. The minimum atomic E-state index is -0.366. The molecule has 2 saturated carbocycles. The fourth-order valence-corrected chi connectivity index (χ4v) is 5.76. The number of hydrogen-bond acceptors (Lipinski definition) is 3. The van der Waals surface area contributed by atoms with Crippen LogP contribution >= 0.6 is 0 Å². The third kappa shape index (κ3) is 4.01. The molecule has 1 aromatic rings. The monoisotopic (exact) mass is 398 g/mol. The van der Waals surface area contributed by atoms with E-state index in [2.05, 4.69) is 12.2 Å². The second-order valence-electron chi connectivity index (χ2n) is 9.15. The van der Waals surface area contributed by atoms with Crippen LogP contribution in [0.15, 0.2) is 24.3 Å². The summed E-state index contributed by atoms with van der Waals surface area (Å²) in [5.41, 5.74) is 0.560. The molecule has 0 aromatic heterocycles. The van der Waals surface area contributed by atoms with Crippen molar-refractivity contribution < 1.29 is 14.3 Å². The van der Waals surface area contributed by atoms with Gasteiger partial charge in [0.15, 0.2) is 0 Å². The van der Waals surface area contributed by atoms with Crippen molar-refractivity contribution in [2.24, 2.45) is 11.8 Å². The van der Waals surface area contributed by atoms with Gasteiger partial charge in [0.1, 0.15) is 11.8 Å². The summed E-state index contributed by atoms with van der Waals surface area (Å²) in [5, 5.41) is 3.32. The van der Waals surface area contributed by atoms with Crippen molar-refractivity contribution in [3.63, 3.8) is 0 Å². The Bertz CT molecular complexity index is 749. The van der Waals surface area contributed by atoms with Crippen LogP contribution in [0, 0.1) is 11.8 Å². The van der Waals surface area contributed by atoms with Crippen LogP contribution in [0.3, 0.4) is 0 Å². The summed E-state index contributed by atoms with van der Waals surface area (Å²) in [5.74, 6) is 1.50. The van der Waals surface area contributed by atoms with Gasteiger partial charge in [-0.2, -0.15) is 0 Å². The van der Waals surface area contributed by atoms with Crippen molar-refractivity contribution in [1.82, 2.24) is 10.2 Å². The Hall–Kier alpha value is -2.04. The van der Waals surface area contributed by atoms with Crippen LogP contribution in [0.5, 0.6) is 5.75 Å². The molecular weight excluding hydrogens is 364 g/mol. The molecule has 0 unspecified atom stereocenters. The minimum absolute atomic E-state index is 0.0430. The first kappa shape index (κ1) is 20.2. The molecule has 0 spiro atoms. The summed E-state index contributed by atoms with van der Waals surface area (Å²) in [6, 6.07) is 7.41. The van der Waals surface area contributed by atoms with Gasteiger partial charge in [-0.05, 0) is 56.1 Å². The van der Waals surface area contributed by atoms with Gasteiger partial charge in [0.25, 0.3) is 5.91 Å². The topological polar surface area (TPSA) is 58.6 Å². The second kappa shape index (κ2) is 8.76. The maximum atomic E-state index is 13.6. The third-order valence-electron chi connectivity index (χ3n) is 7.40. The molecule has 1 N–H and O–H groups in total. The molecule has 3 aliphatic rings. The van der Waals surface area contributed by atoms with Crippen LogP contribution in [0.2, 0.25) is 0 Å². The van der Waals surface area contributed by atoms with Gasteiger partial charge in [-0.15, -0.1) is 0 Å². The lowest BCUT2D eigenvalue weighted by Gasteiger charge is -2.35. The van der Waals surface area contributed by atoms with Crippen molar-refractivity contribution in [1.29, 1.82) is 0 Å². The van der Waals surface area contributed by atoms with E-state index in [1.807, 2.05) is 29.2 Å². The number of nitrogens with zero attached hydrogens (tertiary/aromatic N) is 1. The van der Waals surface area contributed by atoms with Gasteiger partial charge in [0.05, 0.1) is 12.7 Å². The summed E-state index contributed by atoms with van der Waals surface area (Å²) in [4.78, 5) is 28.9. The number of methoxy groups -OCH3 is 1. The Labute approximate surface area is 174 Å².